The highest BCUT2D eigenvalue weighted by Gasteiger charge is 2.28. The first kappa shape index (κ1) is 15.4. The summed E-state index contributed by atoms with van der Waals surface area (Å²) in [4.78, 5) is 13.7. The van der Waals surface area contributed by atoms with Crippen molar-refractivity contribution in [2.75, 3.05) is 32.4 Å². The number of sulfonamides is 1. The van der Waals surface area contributed by atoms with Crippen LogP contribution in [0.15, 0.2) is 0 Å². The summed E-state index contributed by atoms with van der Waals surface area (Å²) in [5.41, 5.74) is 5.83. The molecule has 0 radical (unpaired) electrons. The summed E-state index contributed by atoms with van der Waals surface area (Å²) in [6.07, 6.45) is 3.85. The van der Waals surface area contributed by atoms with Crippen molar-refractivity contribution in [3.63, 3.8) is 0 Å². The van der Waals surface area contributed by atoms with Gasteiger partial charge in [-0.3, -0.25) is 4.79 Å². The topological polar surface area (TPSA) is 83.7 Å². The molecule has 2 N–H and O–H groups in total. The van der Waals surface area contributed by atoms with Gasteiger partial charge < -0.3 is 10.6 Å². The number of nitrogens with zero attached hydrogens (tertiary/aromatic N) is 2. The predicted molar refractivity (Wildman–Crippen MR) is 70.5 cm³/mol. The van der Waals surface area contributed by atoms with Crippen molar-refractivity contribution in [3.05, 3.63) is 0 Å². The van der Waals surface area contributed by atoms with Crippen molar-refractivity contribution in [1.82, 2.24) is 9.21 Å². The van der Waals surface area contributed by atoms with E-state index >= 15 is 0 Å². The Morgan fingerprint density at radius 2 is 1.83 bits per heavy atom. The van der Waals surface area contributed by atoms with Crippen LogP contribution in [0.3, 0.4) is 0 Å². The second-order valence-electron chi connectivity index (χ2n) is 4.74. The van der Waals surface area contributed by atoms with Gasteiger partial charge in [0.1, 0.15) is 0 Å². The molecule has 0 bridgehead atoms. The minimum atomic E-state index is -3.15. The maximum Gasteiger partial charge on any atom is 0.239 e. The van der Waals surface area contributed by atoms with Crippen LogP contribution >= 0.6 is 0 Å². The lowest BCUT2D eigenvalue weighted by atomic mass is 10.1. The lowest BCUT2D eigenvalue weighted by Crippen LogP contribution is -2.54. The molecule has 1 aliphatic heterocycles. The Kier molecular flexibility index (Phi) is 5.55. The Bertz CT molecular complexity index is 375. The van der Waals surface area contributed by atoms with E-state index < -0.39 is 16.1 Å². The fourth-order valence-corrected chi connectivity index (χ4v) is 2.85. The van der Waals surface area contributed by atoms with Crippen molar-refractivity contribution in [3.8, 4) is 0 Å². The molecule has 1 atom stereocenters. The van der Waals surface area contributed by atoms with Gasteiger partial charge in [-0.15, -0.1) is 0 Å². The Morgan fingerprint density at radius 3 is 2.28 bits per heavy atom. The first-order chi connectivity index (χ1) is 8.36. The highest BCUT2D eigenvalue weighted by molar-refractivity contribution is 7.88. The predicted octanol–water partition coefficient (Wildman–Crippen LogP) is -0.392. The number of carbonyl (C=O) groups is 1. The summed E-state index contributed by atoms with van der Waals surface area (Å²) < 4.78 is 24.1. The van der Waals surface area contributed by atoms with Gasteiger partial charge in [0.05, 0.1) is 12.3 Å². The molecule has 1 saturated heterocycles. The Balaban J connectivity index is 2.45. The van der Waals surface area contributed by atoms with E-state index in [0.717, 1.165) is 12.8 Å². The number of carbonyl (C=O) groups excluding carboxylic acids is 1. The summed E-state index contributed by atoms with van der Waals surface area (Å²) in [5.74, 6) is -0.0587. The molecule has 1 amide bonds. The van der Waals surface area contributed by atoms with Crippen LogP contribution in [0, 0.1) is 0 Å². The zero-order valence-corrected chi connectivity index (χ0v) is 11.9. The molecular weight excluding hydrogens is 254 g/mol. The molecule has 6 nitrogen and oxygen atoms in total. The minimum absolute atomic E-state index is 0.0587. The van der Waals surface area contributed by atoms with Crippen molar-refractivity contribution >= 4 is 15.9 Å². The summed E-state index contributed by atoms with van der Waals surface area (Å²) in [7, 11) is -3.15. The van der Waals surface area contributed by atoms with Gasteiger partial charge in [-0.05, 0) is 6.42 Å². The van der Waals surface area contributed by atoms with Crippen LogP contribution in [0.4, 0.5) is 0 Å². The third-order valence-corrected chi connectivity index (χ3v) is 4.51. The van der Waals surface area contributed by atoms with Gasteiger partial charge in [0.15, 0.2) is 0 Å². The number of unbranched alkanes of at least 4 members (excludes halogenated alkanes) is 1. The van der Waals surface area contributed by atoms with Gasteiger partial charge in [-0.1, -0.05) is 19.8 Å². The van der Waals surface area contributed by atoms with Gasteiger partial charge in [0.25, 0.3) is 0 Å². The smallest absolute Gasteiger partial charge is 0.239 e. The number of piperazine rings is 1. The van der Waals surface area contributed by atoms with Crippen LogP contribution in [0.2, 0.25) is 0 Å². The molecule has 0 aromatic carbocycles. The Hall–Kier alpha value is -0.660. The van der Waals surface area contributed by atoms with Crippen molar-refractivity contribution in [2.24, 2.45) is 5.73 Å². The Labute approximate surface area is 109 Å². The highest BCUT2D eigenvalue weighted by atomic mass is 32.2. The minimum Gasteiger partial charge on any atom is -0.339 e. The van der Waals surface area contributed by atoms with E-state index in [2.05, 4.69) is 6.92 Å². The quantitative estimate of drug-likeness (QED) is 0.741. The first-order valence-corrected chi connectivity index (χ1v) is 8.20. The molecule has 18 heavy (non-hydrogen) atoms. The van der Waals surface area contributed by atoms with Crippen molar-refractivity contribution in [2.45, 2.75) is 32.2 Å². The molecule has 0 spiro atoms. The van der Waals surface area contributed by atoms with Gasteiger partial charge in [0, 0.05) is 26.2 Å². The summed E-state index contributed by atoms with van der Waals surface area (Å²) in [6, 6.07) is -0.449. The van der Waals surface area contributed by atoms with Gasteiger partial charge in [0.2, 0.25) is 15.9 Å². The third-order valence-electron chi connectivity index (χ3n) is 3.21. The largest absolute Gasteiger partial charge is 0.339 e. The fraction of sp³-hybridized carbons (Fsp3) is 0.909. The second kappa shape index (κ2) is 6.49. The molecule has 0 aromatic rings. The molecule has 0 aliphatic carbocycles. The van der Waals surface area contributed by atoms with Crippen LogP contribution in [0.1, 0.15) is 26.2 Å². The maximum absolute atomic E-state index is 12.0. The molecule has 1 rings (SSSR count). The lowest BCUT2D eigenvalue weighted by Gasteiger charge is -2.34. The van der Waals surface area contributed by atoms with E-state index in [1.807, 2.05) is 0 Å². The van der Waals surface area contributed by atoms with Crippen LogP contribution in [-0.2, 0) is 14.8 Å². The van der Waals surface area contributed by atoms with Crippen LogP contribution in [0.5, 0.6) is 0 Å². The molecule has 1 aliphatic rings. The zero-order valence-electron chi connectivity index (χ0n) is 11.1. The van der Waals surface area contributed by atoms with Crippen molar-refractivity contribution in [1.29, 1.82) is 0 Å². The van der Waals surface area contributed by atoms with E-state index in [1.165, 1.54) is 10.6 Å². The third kappa shape index (κ3) is 4.22. The summed E-state index contributed by atoms with van der Waals surface area (Å²) in [5, 5.41) is 0. The molecule has 106 valence electrons. The lowest BCUT2D eigenvalue weighted by molar-refractivity contribution is -0.133. The first-order valence-electron chi connectivity index (χ1n) is 6.35. The van der Waals surface area contributed by atoms with E-state index in [4.69, 9.17) is 5.73 Å². The number of amides is 1. The Morgan fingerprint density at radius 1 is 1.28 bits per heavy atom. The molecule has 0 unspecified atom stereocenters. The SMILES string of the molecule is CCCC[C@H](N)C(=O)N1CCN(S(C)(=O)=O)CC1. The molecular formula is C11H23N3O3S. The van der Waals surface area contributed by atoms with E-state index in [9.17, 15) is 13.2 Å². The fourth-order valence-electron chi connectivity index (χ4n) is 2.02. The normalized spacial score (nSPS) is 19.8. The maximum atomic E-state index is 12.0. The molecule has 0 saturated carbocycles. The number of nitrogens with two attached hydrogens (primary N) is 1. The van der Waals surface area contributed by atoms with Crippen LogP contribution in [0.25, 0.3) is 0 Å². The molecule has 1 heterocycles. The van der Waals surface area contributed by atoms with Crippen molar-refractivity contribution < 1.29 is 13.2 Å². The van der Waals surface area contributed by atoms with E-state index in [-0.39, 0.29) is 5.91 Å². The summed E-state index contributed by atoms with van der Waals surface area (Å²) >= 11 is 0. The zero-order chi connectivity index (χ0) is 13.8. The number of hydrogen-bond acceptors (Lipinski definition) is 4. The van der Waals surface area contributed by atoms with E-state index in [0.29, 0.717) is 32.6 Å². The number of rotatable bonds is 5. The second-order valence-corrected chi connectivity index (χ2v) is 6.72. The van der Waals surface area contributed by atoms with Crippen LogP contribution < -0.4 is 5.73 Å². The average Bonchev–Trinajstić information content (AvgIpc) is 2.34. The monoisotopic (exact) mass is 277 g/mol. The average molecular weight is 277 g/mol. The van der Waals surface area contributed by atoms with E-state index in [1.54, 1.807) is 4.90 Å². The van der Waals surface area contributed by atoms with Gasteiger partial charge in [-0.2, -0.15) is 4.31 Å². The van der Waals surface area contributed by atoms with Gasteiger partial charge in [-0.25, -0.2) is 8.42 Å². The highest BCUT2D eigenvalue weighted by Crippen LogP contribution is 2.09. The number of hydrogen-bond donors (Lipinski definition) is 1. The molecule has 0 aromatic heterocycles. The van der Waals surface area contributed by atoms with Gasteiger partial charge >= 0.3 is 0 Å². The van der Waals surface area contributed by atoms with Crippen LogP contribution in [-0.4, -0.2) is 62.0 Å². The standard InChI is InChI=1S/C11H23N3O3S/c1-3-4-5-10(12)11(15)13-6-8-14(9-7-13)18(2,16)17/h10H,3-9,12H2,1-2H3/t10-/m0/s1. The molecule has 7 heteroatoms. The molecule has 1 fully saturated rings. The summed E-state index contributed by atoms with van der Waals surface area (Å²) in [6.45, 7) is 3.66.